The third kappa shape index (κ3) is 61.8. The number of carbonyl (C=O) groups is 3. The van der Waals surface area contributed by atoms with Gasteiger partial charge in [0.2, 0.25) is 0 Å². The van der Waals surface area contributed by atoms with E-state index in [1.165, 1.54) is 77.0 Å². The Labute approximate surface area is 473 Å². The van der Waals surface area contributed by atoms with Gasteiger partial charge in [-0.25, -0.2) is 0 Å². The first-order valence-electron chi connectivity index (χ1n) is 31.0. The third-order valence-corrected chi connectivity index (χ3v) is 12.5. The molecule has 6 heteroatoms. The van der Waals surface area contributed by atoms with Crippen molar-refractivity contribution in [2.45, 2.75) is 258 Å². The Kier molecular flexibility index (Phi) is 59.5. The summed E-state index contributed by atoms with van der Waals surface area (Å²) >= 11 is 0. The van der Waals surface area contributed by atoms with Crippen LogP contribution in [0.5, 0.6) is 0 Å². The molecule has 0 aromatic carbocycles. The number of hydrogen-bond acceptors (Lipinski definition) is 6. The zero-order chi connectivity index (χ0) is 55.7. The molecule has 0 aliphatic rings. The van der Waals surface area contributed by atoms with Gasteiger partial charge in [-0.05, 0) is 116 Å². The number of allylic oxidation sites excluding steroid dienone is 26. The average molecular weight is 1060 g/mol. The van der Waals surface area contributed by atoms with E-state index in [9.17, 15) is 14.4 Å². The van der Waals surface area contributed by atoms with E-state index < -0.39 is 12.1 Å². The van der Waals surface area contributed by atoms with E-state index in [2.05, 4.69) is 167 Å². The molecule has 0 bridgehead atoms. The Morgan fingerprint density at radius 2 is 0.532 bits per heavy atom. The summed E-state index contributed by atoms with van der Waals surface area (Å²) in [6.45, 7) is 6.32. The summed E-state index contributed by atoms with van der Waals surface area (Å²) in [4.78, 5) is 38.1. The molecular weight excluding hydrogens is 949 g/mol. The first-order valence-corrected chi connectivity index (χ1v) is 31.0. The first-order chi connectivity index (χ1) is 38.0. The predicted molar refractivity (Wildman–Crippen MR) is 334 cm³/mol. The maximum Gasteiger partial charge on any atom is 0.306 e. The highest BCUT2D eigenvalue weighted by atomic mass is 16.6. The van der Waals surface area contributed by atoms with Crippen LogP contribution in [0.25, 0.3) is 0 Å². The van der Waals surface area contributed by atoms with E-state index >= 15 is 0 Å². The number of esters is 3. The molecule has 0 amide bonds. The summed E-state index contributed by atoms with van der Waals surface area (Å²) in [6, 6.07) is 0. The summed E-state index contributed by atoms with van der Waals surface area (Å²) in [5, 5.41) is 0. The van der Waals surface area contributed by atoms with Crippen molar-refractivity contribution < 1.29 is 28.6 Å². The van der Waals surface area contributed by atoms with Gasteiger partial charge in [0.15, 0.2) is 6.10 Å². The maximum atomic E-state index is 12.8. The van der Waals surface area contributed by atoms with Crippen LogP contribution in [-0.4, -0.2) is 37.2 Å². The number of rotatable bonds is 54. The Morgan fingerprint density at radius 3 is 0.844 bits per heavy atom. The van der Waals surface area contributed by atoms with E-state index in [1.54, 1.807) is 0 Å². The van der Waals surface area contributed by atoms with E-state index in [1.807, 2.05) is 12.2 Å². The van der Waals surface area contributed by atoms with Crippen LogP contribution in [0.4, 0.5) is 0 Å². The van der Waals surface area contributed by atoms with Gasteiger partial charge in [-0.2, -0.15) is 0 Å². The second-order valence-electron chi connectivity index (χ2n) is 19.9. The summed E-state index contributed by atoms with van der Waals surface area (Å²) < 4.78 is 16.8. The lowest BCUT2D eigenvalue weighted by molar-refractivity contribution is -0.166. The lowest BCUT2D eigenvalue weighted by Crippen LogP contribution is -2.30. The molecule has 0 aliphatic heterocycles. The van der Waals surface area contributed by atoms with Gasteiger partial charge in [0.05, 0.1) is 0 Å². The van der Waals surface area contributed by atoms with E-state index in [4.69, 9.17) is 14.2 Å². The molecule has 0 aliphatic carbocycles. The summed E-state index contributed by atoms with van der Waals surface area (Å²) in [5.41, 5.74) is 0. The monoisotopic (exact) mass is 1060 g/mol. The van der Waals surface area contributed by atoms with Gasteiger partial charge in [-0.15, -0.1) is 0 Å². The van der Waals surface area contributed by atoms with Gasteiger partial charge in [0.25, 0.3) is 0 Å². The molecule has 1 unspecified atom stereocenters. The van der Waals surface area contributed by atoms with Crippen molar-refractivity contribution in [2.24, 2.45) is 0 Å². The highest BCUT2D eigenvalue weighted by Crippen LogP contribution is 2.14. The minimum absolute atomic E-state index is 0.113. The van der Waals surface area contributed by atoms with Gasteiger partial charge < -0.3 is 14.2 Å². The Morgan fingerprint density at radius 1 is 0.273 bits per heavy atom. The molecule has 0 aromatic heterocycles. The normalized spacial score (nSPS) is 13.2. The predicted octanol–water partition coefficient (Wildman–Crippen LogP) is 21.3. The molecule has 77 heavy (non-hydrogen) atoms. The molecule has 0 N–H and O–H groups in total. The smallest absolute Gasteiger partial charge is 0.306 e. The largest absolute Gasteiger partial charge is 0.462 e. The van der Waals surface area contributed by atoms with Crippen LogP contribution in [0.3, 0.4) is 0 Å². The quantitative estimate of drug-likeness (QED) is 0.0261. The molecule has 0 spiro atoms. The molecule has 0 saturated carbocycles. The number of ether oxygens (including phenoxy) is 3. The minimum Gasteiger partial charge on any atom is -0.462 e. The van der Waals surface area contributed by atoms with Gasteiger partial charge in [0, 0.05) is 19.3 Å². The van der Waals surface area contributed by atoms with Crippen LogP contribution < -0.4 is 0 Å². The third-order valence-electron chi connectivity index (χ3n) is 12.5. The molecule has 0 aromatic rings. The first kappa shape index (κ1) is 72.0. The molecular formula is C71H112O6. The molecule has 0 radical (unpaired) electrons. The van der Waals surface area contributed by atoms with Gasteiger partial charge >= 0.3 is 17.9 Å². The van der Waals surface area contributed by atoms with E-state index in [0.717, 1.165) is 128 Å². The molecule has 1 atom stereocenters. The average Bonchev–Trinajstić information content (AvgIpc) is 3.43. The van der Waals surface area contributed by atoms with Gasteiger partial charge in [0.1, 0.15) is 13.2 Å². The SMILES string of the molecule is CC/C=C\C/C=C\C/C=C\C/C=C\C/C=C\C/C=C\C/C=C\C/C=C\C/C=C\CCCCCCCCCC(=O)OCC(COC(=O)CCCCCCCCCCCCC)OC(=O)CC/C=C\C/C=C\C/C=C\C/C=C\CC. The zero-order valence-electron chi connectivity index (χ0n) is 49.4. The molecule has 0 fully saturated rings. The number of carbonyl (C=O) groups excluding carboxylic acids is 3. The molecule has 0 saturated heterocycles. The van der Waals surface area contributed by atoms with Crippen LogP contribution in [0.15, 0.2) is 158 Å². The molecule has 6 nitrogen and oxygen atoms in total. The minimum atomic E-state index is -0.825. The second-order valence-corrected chi connectivity index (χ2v) is 19.9. The van der Waals surface area contributed by atoms with Crippen LogP contribution in [0, 0.1) is 0 Å². The van der Waals surface area contributed by atoms with Crippen molar-refractivity contribution in [3.8, 4) is 0 Å². The lowest BCUT2D eigenvalue weighted by Gasteiger charge is -2.18. The molecule has 432 valence electrons. The standard InChI is InChI=1S/C71H112O6/c1-4-7-10-13-16-19-22-24-25-26-27-28-29-30-31-32-33-34-35-36-37-38-39-40-41-42-43-44-45-47-49-52-55-58-61-64-70(73)76-67-68(66-75-69(72)63-60-57-54-51-48-21-18-15-12-9-6-3)77-71(74)65-62-59-56-53-50-46-23-20-17-14-11-8-5-2/h7-8,10-11,16-17,19-20,24-25,27-28,30-31,33-34,36-37,39-40,42-43,46,50,56,59,68H,4-6,9,12-15,18,21-23,26,29,32,35,38,41,44-45,47-49,51-55,57-58,60-67H2,1-3H3/b10-7-,11-8-,19-16-,20-17-,25-24-,28-27-,31-30-,34-33-,37-36-,40-39-,43-42-,50-46-,59-56-. The lowest BCUT2D eigenvalue weighted by atomic mass is 10.1. The van der Waals surface area contributed by atoms with Crippen LogP contribution in [0.2, 0.25) is 0 Å². The van der Waals surface area contributed by atoms with Crippen molar-refractivity contribution in [2.75, 3.05) is 13.2 Å². The Bertz CT molecular complexity index is 1740. The van der Waals surface area contributed by atoms with Crippen molar-refractivity contribution >= 4 is 17.9 Å². The van der Waals surface area contributed by atoms with Crippen LogP contribution >= 0.6 is 0 Å². The number of unbranched alkanes of at least 4 members (excludes halogenated alkanes) is 17. The second kappa shape index (κ2) is 63.6. The Balaban J connectivity index is 4.26. The number of hydrogen-bond donors (Lipinski definition) is 0. The van der Waals surface area contributed by atoms with Crippen molar-refractivity contribution in [3.63, 3.8) is 0 Å². The topological polar surface area (TPSA) is 78.9 Å². The highest BCUT2D eigenvalue weighted by Gasteiger charge is 2.19. The van der Waals surface area contributed by atoms with Crippen LogP contribution in [-0.2, 0) is 28.6 Å². The molecule has 0 heterocycles. The fraction of sp³-hybridized carbons (Fsp3) is 0.592. The maximum absolute atomic E-state index is 12.8. The van der Waals surface area contributed by atoms with Gasteiger partial charge in [-0.1, -0.05) is 275 Å². The van der Waals surface area contributed by atoms with Crippen LogP contribution in [0.1, 0.15) is 252 Å². The van der Waals surface area contributed by atoms with E-state index in [0.29, 0.717) is 19.3 Å². The van der Waals surface area contributed by atoms with Crippen molar-refractivity contribution in [1.29, 1.82) is 0 Å². The summed E-state index contributed by atoms with van der Waals surface area (Å²) in [5.74, 6) is -1.01. The summed E-state index contributed by atoms with van der Waals surface area (Å²) in [7, 11) is 0. The fourth-order valence-electron chi connectivity index (χ4n) is 7.98. The summed E-state index contributed by atoms with van der Waals surface area (Å²) in [6.07, 6.45) is 92.7. The van der Waals surface area contributed by atoms with E-state index in [-0.39, 0.29) is 31.6 Å². The zero-order valence-corrected chi connectivity index (χ0v) is 49.4. The van der Waals surface area contributed by atoms with Crippen molar-refractivity contribution in [1.82, 2.24) is 0 Å². The Hall–Kier alpha value is -4.97. The van der Waals surface area contributed by atoms with Gasteiger partial charge in [-0.3, -0.25) is 14.4 Å². The fourth-order valence-corrected chi connectivity index (χ4v) is 7.98. The van der Waals surface area contributed by atoms with Crippen molar-refractivity contribution in [3.05, 3.63) is 158 Å². The molecule has 0 rings (SSSR count). The highest BCUT2D eigenvalue weighted by molar-refractivity contribution is 5.71.